The molecule has 1 aromatic heterocycles. The van der Waals surface area contributed by atoms with Crippen LogP contribution in [0, 0.1) is 17.2 Å². The number of rotatable bonds is 1. The van der Waals surface area contributed by atoms with Gasteiger partial charge < -0.3 is 4.90 Å². The molecule has 2 rings (SSSR count). The average Bonchev–Trinajstić information content (AvgIpc) is 2.65. The van der Waals surface area contributed by atoms with Gasteiger partial charge in [0.05, 0.1) is 5.56 Å². The van der Waals surface area contributed by atoms with Crippen molar-refractivity contribution in [1.29, 1.82) is 5.26 Å². The van der Waals surface area contributed by atoms with Crippen LogP contribution in [0.25, 0.3) is 0 Å². The largest absolute Gasteiger partial charge is 0.356 e. The summed E-state index contributed by atoms with van der Waals surface area (Å²) in [5.74, 6) is 1.75. The second-order valence-electron chi connectivity index (χ2n) is 3.86. The molecule has 3 heteroatoms. The average molecular weight is 187 g/mol. The topological polar surface area (TPSA) is 39.9 Å². The molecular formula is C11H13N3. The van der Waals surface area contributed by atoms with E-state index in [1.165, 1.54) is 6.42 Å². The second-order valence-corrected chi connectivity index (χ2v) is 3.86. The van der Waals surface area contributed by atoms with Gasteiger partial charge in [0, 0.05) is 19.3 Å². The molecule has 0 unspecified atom stereocenters. The molecule has 0 aliphatic carbocycles. The molecule has 1 aliphatic rings. The summed E-state index contributed by atoms with van der Waals surface area (Å²) in [6.07, 6.45) is 2.88. The lowest BCUT2D eigenvalue weighted by Crippen LogP contribution is -2.20. The maximum Gasteiger partial charge on any atom is 0.128 e. The van der Waals surface area contributed by atoms with Crippen LogP contribution in [0.1, 0.15) is 18.9 Å². The van der Waals surface area contributed by atoms with Crippen LogP contribution in [0.3, 0.4) is 0 Å². The van der Waals surface area contributed by atoms with Gasteiger partial charge in [-0.3, -0.25) is 0 Å². The highest BCUT2D eigenvalue weighted by molar-refractivity contribution is 5.42. The first-order chi connectivity index (χ1) is 6.79. The Labute approximate surface area is 84.0 Å². The summed E-state index contributed by atoms with van der Waals surface area (Å²) >= 11 is 0. The lowest BCUT2D eigenvalue weighted by atomic mass is 10.2. The molecule has 0 radical (unpaired) electrons. The van der Waals surface area contributed by atoms with Crippen LogP contribution in [-0.2, 0) is 0 Å². The van der Waals surface area contributed by atoms with E-state index in [9.17, 15) is 0 Å². The number of hydrogen-bond acceptors (Lipinski definition) is 3. The summed E-state index contributed by atoms with van der Waals surface area (Å²) in [5, 5.41) is 8.63. The van der Waals surface area contributed by atoms with Gasteiger partial charge >= 0.3 is 0 Å². The molecule has 1 aliphatic heterocycles. The Hall–Kier alpha value is -1.56. The summed E-state index contributed by atoms with van der Waals surface area (Å²) < 4.78 is 0. The summed E-state index contributed by atoms with van der Waals surface area (Å²) in [6.45, 7) is 4.42. The number of hydrogen-bond donors (Lipinski definition) is 0. The van der Waals surface area contributed by atoms with Gasteiger partial charge in [-0.15, -0.1) is 0 Å². The van der Waals surface area contributed by atoms with Gasteiger partial charge in [-0.1, -0.05) is 6.92 Å². The normalized spacial score (nSPS) is 20.9. The Morgan fingerprint density at radius 3 is 2.93 bits per heavy atom. The minimum absolute atomic E-state index is 0.626. The molecule has 1 saturated heterocycles. The molecule has 14 heavy (non-hydrogen) atoms. The third-order valence-electron chi connectivity index (χ3n) is 2.62. The van der Waals surface area contributed by atoms with E-state index >= 15 is 0 Å². The molecule has 1 fully saturated rings. The molecule has 0 bridgehead atoms. The predicted octanol–water partition coefficient (Wildman–Crippen LogP) is 1.80. The van der Waals surface area contributed by atoms with Crippen molar-refractivity contribution in [2.24, 2.45) is 5.92 Å². The molecule has 1 atom stereocenters. The molecule has 0 aromatic carbocycles. The standard InChI is InChI=1S/C11H13N3/c1-9-4-5-14(8-9)11-3-2-10(6-12)7-13-11/h2-3,7,9H,4-5,8H2,1H3/t9-/m1/s1. The van der Waals surface area contributed by atoms with Crippen LogP contribution in [0.5, 0.6) is 0 Å². The van der Waals surface area contributed by atoms with Crippen LogP contribution in [0.15, 0.2) is 18.3 Å². The molecule has 3 nitrogen and oxygen atoms in total. The fraction of sp³-hybridized carbons (Fsp3) is 0.455. The summed E-state index contributed by atoms with van der Waals surface area (Å²) in [5.41, 5.74) is 0.626. The zero-order chi connectivity index (χ0) is 9.97. The van der Waals surface area contributed by atoms with Gasteiger partial charge in [0.15, 0.2) is 0 Å². The number of aromatic nitrogens is 1. The number of nitrogens with zero attached hydrogens (tertiary/aromatic N) is 3. The minimum Gasteiger partial charge on any atom is -0.356 e. The van der Waals surface area contributed by atoms with Crippen LogP contribution in [0.2, 0.25) is 0 Å². The maximum absolute atomic E-state index is 8.63. The van der Waals surface area contributed by atoms with Gasteiger partial charge in [0.1, 0.15) is 11.9 Å². The monoisotopic (exact) mass is 187 g/mol. The Balaban J connectivity index is 2.14. The maximum atomic E-state index is 8.63. The van der Waals surface area contributed by atoms with Crippen molar-refractivity contribution < 1.29 is 0 Å². The fourth-order valence-electron chi connectivity index (χ4n) is 1.78. The fourth-order valence-corrected chi connectivity index (χ4v) is 1.78. The van der Waals surface area contributed by atoms with E-state index < -0.39 is 0 Å². The van der Waals surface area contributed by atoms with E-state index in [1.807, 2.05) is 12.1 Å². The van der Waals surface area contributed by atoms with Gasteiger partial charge in [-0.05, 0) is 24.5 Å². The molecule has 0 saturated carbocycles. The Morgan fingerprint density at radius 2 is 2.43 bits per heavy atom. The highest BCUT2D eigenvalue weighted by Gasteiger charge is 2.19. The van der Waals surface area contributed by atoms with E-state index in [0.29, 0.717) is 5.56 Å². The molecule has 2 heterocycles. The zero-order valence-electron chi connectivity index (χ0n) is 8.27. The van der Waals surface area contributed by atoms with Gasteiger partial charge in [0.25, 0.3) is 0 Å². The predicted molar refractivity (Wildman–Crippen MR) is 54.9 cm³/mol. The van der Waals surface area contributed by atoms with Crippen molar-refractivity contribution in [3.8, 4) is 6.07 Å². The third-order valence-corrected chi connectivity index (χ3v) is 2.62. The molecule has 1 aromatic rings. The minimum atomic E-state index is 0.626. The van der Waals surface area contributed by atoms with Crippen molar-refractivity contribution in [3.05, 3.63) is 23.9 Å². The van der Waals surface area contributed by atoms with Crippen molar-refractivity contribution >= 4 is 5.82 Å². The van der Waals surface area contributed by atoms with E-state index in [4.69, 9.17) is 5.26 Å². The molecule has 0 amide bonds. The van der Waals surface area contributed by atoms with Crippen molar-refractivity contribution in [2.45, 2.75) is 13.3 Å². The quantitative estimate of drug-likeness (QED) is 0.673. The Kier molecular flexibility index (Phi) is 2.36. The first-order valence-corrected chi connectivity index (χ1v) is 4.90. The van der Waals surface area contributed by atoms with Crippen LogP contribution in [0.4, 0.5) is 5.82 Å². The first kappa shape index (κ1) is 9.01. The first-order valence-electron chi connectivity index (χ1n) is 4.90. The van der Waals surface area contributed by atoms with Gasteiger partial charge in [0.2, 0.25) is 0 Å². The molecule has 72 valence electrons. The van der Waals surface area contributed by atoms with Gasteiger partial charge in [-0.2, -0.15) is 5.26 Å². The van der Waals surface area contributed by atoms with Crippen LogP contribution in [-0.4, -0.2) is 18.1 Å². The number of nitriles is 1. The lowest BCUT2D eigenvalue weighted by Gasteiger charge is -2.16. The number of pyridine rings is 1. The molecule has 0 N–H and O–H groups in total. The highest BCUT2D eigenvalue weighted by atomic mass is 15.2. The van der Waals surface area contributed by atoms with Crippen LogP contribution < -0.4 is 4.90 Å². The summed E-state index contributed by atoms with van der Waals surface area (Å²) in [4.78, 5) is 6.54. The Morgan fingerprint density at radius 1 is 1.57 bits per heavy atom. The van der Waals surface area contributed by atoms with Crippen LogP contribution >= 0.6 is 0 Å². The second kappa shape index (κ2) is 3.67. The van der Waals surface area contributed by atoms with E-state index in [0.717, 1.165) is 24.8 Å². The summed E-state index contributed by atoms with van der Waals surface area (Å²) in [7, 11) is 0. The molecular weight excluding hydrogens is 174 g/mol. The van der Waals surface area contributed by atoms with Crippen molar-refractivity contribution in [2.75, 3.05) is 18.0 Å². The number of anilines is 1. The van der Waals surface area contributed by atoms with E-state index in [2.05, 4.69) is 22.9 Å². The van der Waals surface area contributed by atoms with Crippen molar-refractivity contribution in [1.82, 2.24) is 4.98 Å². The smallest absolute Gasteiger partial charge is 0.128 e. The SMILES string of the molecule is C[C@@H]1CCN(c2ccc(C#N)cn2)C1. The zero-order valence-corrected chi connectivity index (χ0v) is 8.27. The lowest BCUT2D eigenvalue weighted by molar-refractivity contribution is 0.659. The van der Waals surface area contributed by atoms with E-state index in [1.54, 1.807) is 6.20 Å². The van der Waals surface area contributed by atoms with Crippen molar-refractivity contribution in [3.63, 3.8) is 0 Å². The highest BCUT2D eigenvalue weighted by Crippen LogP contribution is 2.21. The Bertz CT molecular complexity index is 350. The summed E-state index contributed by atoms with van der Waals surface area (Å²) in [6, 6.07) is 5.82. The molecule has 0 spiro atoms. The van der Waals surface area contributed by atoms with Gasteiger partial charge in [-0.25, -0.2) is 4.98 Å². The van der Waals surface area contributed by atoms with E-state index in [-0.39, 0.29) is 0 Å². The third kappa shape index (κ3) is 1.69.